The molecule has 1 aromatic carbocycles. The molecule has 3 nitrogen and oxygen atoms in total. The summed E-state index contributed by atoms with van der Waals surface area (Å²) >= 11 is 0. The summed E-state index contributed by atoms with van der Waals surface area (Å²) in [6, 6.07) is 10.3. The summed E-state index contributed by atoms with van der Waals surface area (Å²) in [6.45, 7) is 7.52. The van der Waals surface area contributed by atoms with E-state index >= 15 is 0 Å². The van der Waals surface area contributed by atoms with Crippen LogP contribution in [0.1, 0.15) is 31.4 Å². The summed E-state index contributed by atoms with van der Waals surface area (Å²) in [6.07, 6.45) is 1.06. The van der Waals surface area contributed by atoms with Crippen molar-refractivity contribution in [1.82, 2.24) is 4.90 Å². The lowest BCUT2D eigenvalue weighted by molar-refractivity contribution is 0.0899. The monoisotopic (exact) mass is 279 g/mol. The Hall–Kier alpha value is -1.08. The van der Waals surface area contributed by atoms with Crippen LogP contribution < -0.4 is 5.73 Å². The maximum atomic E-state index is 8.77. The molecule has 0 spiro atoms. The molecular weight excluding hydrogens is 258 g/mol. The largest absolute Gasteiger partial charge is 0.327 e. The van der Waals surface area contributed by atoms with Crippen LogP contribution in [0, 0.1) is 16.7 Å². The van der Waals surface area contributed by atoms with Crippen LogP contribution in [0.3, 0.4) is 0 Å². The molecule has 0 radical (unpaired) electrons. The quantitative estimate of drug-likeness (QED) is 0.905. The number of likely N-dealkylation sites (tertiary alicyclic amines) is 1. The number of nitriles is 1. The van der Waals surface area contributed by atoms with Gasteiger partial charge in [0.15, 0.2) is 0 Å². The highest BCUT2D eigenvalue weighted by atomic mass is 35.5. The number of piperidine rings is 1. The van der Waals surface area contributed by atoms with E-state index in [-0.39, 0.29) is 17.8 Å². The molecule has 4 heteroatoms. The Labute approximate surface area is 121 Å². The third-order valence-corrected chi connectivity index (χ3v) is 3.88. The summed E-state index contributed by atoms with van der Waals surface area (Å²) in [5.74, 6) is 0. The second-order valence-electron chi connectivity index (χ2n) is 5.90. The molecule has 19 heavy (non-hydrogen) atoms. The first kappa shape index (κ1) is 16.0. The highest BCUT2D eigenvalue weighted by Gasteiger charge is 2.33. The number of benzene rings is 1. The average molecular weight is 280 g/mol. The highest BCUT2D eigenvalue weighted by Crippen LogP contribution is 2.28. The predicted molar refractivity (Wildman–Crippen MR) is 80.1 cm³/mol. The van der Waals surface area contributed by atoms with Gasteiger partial charge in [0.05, 0.1) is 11.6 Å². The number of nitrogens with two attached hydrogens (primary N) is 1. The molecule has 1 aliphatic rings. The third-order valence-electron chi connectivity index (χ3n) is 3.88. The van der Waals surface area contributed by atoms with Crippen molar-refractivity contribution in [2.45, 2.75) is 32.9 Å². The third kappa shape index (κ3) is 3.94. The normalized spacial score (nSPS) is 22.3. The van der Waals surface area contributed by atoms with Gasteiger partial charge in [-0.05, 0) is 29.5 Å². The van der Waals surface area contributed by atoms with Gasteiger partial charge < -0.3 is 5.73 Å². The van der Waals surface area contributed by atoms with Gasteiger partial charge in [-0.2, -0.15) is 5.26 Å². The summed E-state index contributed by atoms with van der Waals surface area (Å²) in [5.41, 5.74) is 8.31. The fraction of sp³-hybridized carbons (Fsp3) is 0.533. The van der Waals surface area contributed by atoms with E-state index in [4.69, 9.17) is 11.0 Å². The zero-order valence-corrected chi connectivity index (χ0v) is 12.4. The van der Waals surface area contributed by atoms with Crippen molar-refractivity contribution >= 4 is 12.4 Å². The first-order valence-corrected chi connectivity index (χ1v) is 6.48. The molecule has 0 aliphatic carbocycles. The van der Waals surface area contributed by atoms with Crippen molar-refractivity contribution in [1.29, 1.82) is 5.26 Å². The van der Waals surface area contributed by atoms with E-state index in [1.807, 2.05) is 24.3 Å². The number of nitrogens with zero attached hydrogens (tertiary/aromatic N) is 2. The van der Waals surface area contributed by atoms with Crippen molar-refractivity contribution in [2.24, 2.45) is 11.1 Å². The van der Waals surface area contributed by atoms with E-state index in [9.17, 15) is 0 Å². The molecule has 1 unspecified atom stereocenters. The second-order valence-corrected chi connectivity index (χ2v) is 5.90. The maximum absolute atomic E-state index is 8.77. The van der Waals surface area contributed by atoms with E-state index in [0.717, 1.165) is 31.6 Å². The standard InChI is InChI=1S/C15H21N3.ClH/c1-15(2)11-18(8-7-14(15)17)10-13-5-3-12(9-16)4-6-13;/h3-6,14H,7-8,10-11,17H2,1-2H3;1H. The van der Waals surface area contributed by atoms with Gasteiger partial charge in [0.25, 0.3) is 0 Å². The average Bonchev–Trinajstić information content (AvgIpc) is 2.34. The molecule has 1 atom stereocenters. The van der Waals surface area contributed by atoms with Crippen molar-refractivity contribution in [3.05, 3.63) is 35.4 Å². The molecule has 1 saturated heterocycles. The molecule has 0 bridgehead atoms. The summed E-state index contributed by atoms with van der Waals surface area (Å²) < 4.78 is 0. The van der Waals surface area contributed by atoms with E-state index in [0.29, 0.717) is 6.04 Å². The first-order valence-electron chi connectivity index (χ1n) is 6.48. The lowest BCUT2D eigenvalue weighted by atomic mass is 9.79. The van der Waals surface area contributed by atoms with Crippen molar-refractivity contribution in [3.8, 4) is 6.07 Å². The van der Waals surface area contributed by atoms with Crippen LogP contribution in [0.4, 0.5) is 0 Å². The molecule has 1 aromatic rings. The minimum Gasteiger partial charge on any atom is -0.327 e. The lowest BCUT2D eigenvalue weighted by Crippen LogP contribution is -2.52. The van der Waals surface area contributed by atoms with Gasteiger partial charge in [-0.3, -0.25) is 4.90 Å². The second kappa shape index (κ2) is 6.38. The number of rotatable bonds is 2. The van der Waals surface area contributed by atoms with Crippen LogP contribution in [-0.4, -0.2) is 24.0 Å². The van der Waals surface area contributed by atoms with Crippen LogP contribution in [-0.2, 0) is 6.54 Å². The molecule has 1 heterocycles. The lowest BCUT2D eigenvalue weighted by Gasteiger charge is -2.42. The predicted octanol–water partition coefficient (Wildman–Crippen LogP) is 2.54. The smallest absolute Gasteiger partial charge is 0.0991 e. The Bertz CT molecular complexity index is 447. The van der Waals surface area contributed by atoms with Gasteiger partial charge in [-0.15, -0.1) is 12.4 Å². The van der Waals surface area contributed by atoms with Crippen LogP contribution >= 0.6 is 12.4 Å². The summed E-state index contributed by atoms with van der Waals surface area (Å²) in [7, 11) is 0. The Morgan fingerprint density at radius 3 is 2.53 bits per heavy atom. The van der Waals surface area contributed by atoms with Crippen molar-refractivity contribution < 1.29 is 0 Å². The minimum absolute atomic E-state index is 0. The van der Waals surface area contributed by atoms with Crippen LogP contribution in [0.2, 0.25) is 0 Å². The van der Waals surface area contributed by atoms with Gasteiger partial charge in [0.1, 0.15) is 0 Å². The van der Waals surface area contributed by atoms with E-state index in [1.165, 1.54) is 5.56 Å². The minimum atomic E-state index is 0. The molecular formula is C15H22ClN3. The molecule has 2 N–H and O–H groups in total. The topological polar surface area (TPSA) is 53.0 Å². The van der Waals surface area contributed by atoms with Gasteiger partial charge in [0, 0.05) is 25.7 Å². The summed E-state index contributed by atoms with van der Waals surface area (Å²) in [4.78, 5) is 2.45. The zero-order chi connectivity index (χ0) is 13.2. The fourth-order valence-corrected chi connectivity index (χ4v) is 2.56. The maximum Gasteiger partial charge on any atom is 0.0991 e. The Morgan fingerprint density at radius 2 is 2.00 bits per heavy atom. The zero-order valence-electron chi connectivity index (χ0n) is 11.6. The Morgan fingerprint density at radius 1 is 1.37 bits per heavy atom. The molecule has 0 aromatic heterocycles. The van der Waals surface area contributed by atoms with Crippen molar-refractivity contribution in [2.75, 3.05) is 13.1 Å². The highest BCUT2D eigenvalue weighted by molar-refractivity contribution is 5.85. The molecule has 104 valence electrons. The van der Waals surface area contributed by atoms with Crippen LogP contribution in [0.15, 0.2) is 24.3 Å². The molecule has 1 aliphatic heterocycles. The van der Waals surface area contributed by atoms with Crippen LogP contribution in [0.25, 0.3) is 0 Å². The van der Waals surface area contributed by atoms with E-state index in [2.05, 4.69) is 24.8 Å². The van der Waals surface area contributed by atoms with E-state index in [1.54, 1.807) is 0 Å². The Kier molecular flexibility index (Phi) is 5.37. The van der Waals surface area contributed by atoms with Gasteiger partial charge in [0.2, 0.25) is 0 Å². The van der Waals surface area contributed by atoms with Gasteiger partial charge in [-0.1, -0.05) is 26.0 Å². The van der Waals surface area contributed by atoms with Crippen molar-refractivity contribution in [3.63, 3.8) is 0 Å². The SMILES string of the molecule is CC1(C)CN(Cc2ccc(C#N)cc2)CCC1N.Cl. The van der Waals surface area contributed by atoms with Gasteiger partial charge in [-0.25, -0.2) is 0 Å². The number of hydrogen-bond acceptors (Lipinski definition) is 3. The molecule has 0 amide bonds. The Balaban J connectivity index is 0.00000180. The molecule has 0 saturated carbocycles. The molecule has 1 fully saturated rings. The molecule has 2 rings (SSSR count). The summed E-state index contributed by atoms with van der Waals surface area (Å²) in [5, 5.41) is 8.77. The van der Waals surface area contributed by atoms with Crippen LogP contribution in [0.5, 0.6) is 0 Å². The fourth-order valence-electron chi connectivity index (χ4n) is 2.56. The van der Waals surface area contributed by atoms with Gasteiger partial charge >= 0.3 is 0 Å². The first-order chi connectivity index (χ1) is 8.51. The number of hydrogen-bond donors (Lipinski definition) is 1. The van der Waals surface area contributed by atoms with E-state index < -0.39 is 0 Å². The number of halogens is 1.